The average Bonchev–Trinajstić information content (AvgIpc) is 2.67. The third-order valence-electron chi connectivity index (χ3n) is 4.98. The quantitative estimate of drug-likeness (QED) is 0.166. The molecule has 224 valence electrons. The molecule has 0 aromatic heterocycles. The van der Waals surface area contributed by atoms with Crippen molar-refractivity contribution in [3.63, 3.8) is 0 Å². The van der Waals surface area contributed by atoms with E-state index in [0.717, 1.165) is 27.6 Å². The molecule has 0 aliphatic rings. The number of unbranched alkanes of at least 4 members (excludes halogenated alkanes) is 5. The summed E-state index contributed by atoms with van der Waals surface area (Å²) in [5.74, 6) is 0.671. The van der Waals surface area contributed by atoms with Crippen molar-refractivity contribution in [1.82, 2.24) is 4.90 Å². The van der Waals surface area contributed by atoms with Crippen molar-refractivity contribution in [3.8, 4) is 5.75 Å². The van der Waals surface area contributed by atoms with Crippen molar-refractivity contribution < 1.29 is 76.3 Å². The van der Waals surface area contributed by atoms with Crippen LogP contribution in [-0.4, -0.2) is 82.4 Å². The number of quaternary nitrogens is 2. The minimum Gasteiger partial charge on any atom is -0.410 e. The zero-order chi connectivity index (χ0) is 30.2. The van der Waals surface area contributed by atoms with E-state index in [0.29, 0.717) is 5.75 Å². The lowest BCUT2D eigenvalue weighted by atomic mass is 10.1. The fourth-order valence-corrected chi connectivity index (χ4v) is 3.29. The molecule has 13 nitrogen and oxygen atoms in total. The van der Waals surface area contributed by atoms with Gasteiger partial charge in [-0.1, -0.05) is 25.0 Å². The van der Waals surface area contributed by atoms with E-state index < -0.39 is 20.5 Å². The number of amides is 1. The highest BCUT2D eigenvalue weighted by Crippen LogP contribution is 2.23. The van der Waals surface area contributed by atoms with Gasteiger partial charge in [0.05, 0.1) is 48.3 Å². The molecule has 0 radical (unpaired) electrons. The Bertz CT molecular complexity index is 756. The van der Waals surface area contributed by atoms with E-state index in [4.69, 9.17) is 42.0 Å². The van der Waals surface area contributed by atoms with E-state index in [2.05, 4.69) is 41.3 Å². The van der Waals surface area contributed by atoms with Crippen LogP contribution in [0.2, 0.25) is 0 Å². The summed E-state index contributed by atoms with van der Waals surface area (Å²) >= 11 is 0. The highest BCUT2D eigenvalue weighted by molar-refractivity contribution is 5.70. The molecule has 0 heterocycles. The molecule has 0 saturated heterocycles. The van der Waals surface area contributed by atoms with Gasteiger partial charge in [0.15, 0.2) is 0 Å². The van der Waals surface area contributed by atoms with Crippen molar-refractivity contribution in [2.45, 2.75) is 45.1 Å². The number of rotatable bonds is 12. The Morgan fingerprint density at radius 1 is 0.737 bits per heavy atom. The van der Waals surface area contributed by atoms with Crippen LogP contribution in [0.15, 0.2) is 24.3 Å². The summed E-state index contributed by atoms with van der Waals surface area (Å²) in [6, 6.07) is 7.87. The molecule has 0 aliphatic heterocycles. The second kappa shape index (κ2) is 18.1. The Morgan fingerprint density at radius 2 is 1.13 bits per heavy atom. The molecule has 0 unspecified atom stereocenters. The van der Waals surface area contributed by atoms with E-state index in [1.54, 1.807) is 14.1 Å². The molecule has 0 saturated carbocycles. The molecular weight excluding hydrogens is 549 g/mol. The standard InChI is InChI=1S/C23H43N3O2.2ClHO4/c1-24(2)23(27)28-22-17-13-12-16-21(22)20-26(6,7)19-15-11-9-8-10-14-18-25(3,4)5;2*2-1(3,4)5/h12-13,16-17H,8-11,14-15,18-20H2,1-7H3;2*(H,2,3,4,5)/q+2;;/p-2. The van der Waals surface area contributed by atoms with Crippen molar-refractivity contribution in [3.05, 3.63) is 29.8 Å². The van der Waals surface area contributed by atoms with Gasteiger partial charge in [-0.15, -0.1) is 20.5 Å². The SMILES string of the molecule is CN(C)C(=O)Oc1ccccc1C[N+](C)(C)CCCCCCCC[N+](C)(C)C.[O-][Cl+3]([O-])([O-])[O-].[O-][Cl+3]([O-])([O-])[O-]. The predicted octanol–water partition coefficient (Wildman–Crippen LogP) is -5.14. The Kier molecular flexibility index (Phi) is 18.5. The lowest BCUT2D eigenvalue weighted by molar-refractivity contribution is -2.00. The normalized spacial score (nSPS) is 12.1. The van der Waals surface area contributed by atoms with Crippen LogP contribution < -0.4 is 42.0 Å². The summed E-state index contributed by atoms with van der Waals surface area (Å²) in [6.45, 7) is 3.26. The molecule has 0 atom stereocenters. The molecular formula is C23H43Cl2N3O10. The second-order valence-corrected chi connectivity index (χ2v) is 12.1. The molecule has 0 fully saturated rings. The van der Waals surface area contributed by atoms with Gasteiger partial charge < -0.3 is 18.6 Å². The van der Waals surface area contributed by atoms with Gasteiger partial charge >= 0.3 is 6.09 Å². The predicted molar refractivity (Wildman–Crippen MR) is 117 cm³/mol. The van der Waals surface area contributed by atoms with Crippen LogP contribution in [0.4, 0.5) is 4.79 Å². The Balaban J connectivity index is 0. The van der Waals surface area contributed by atoms with E-state index in [9.17, 15) is 4.79 Å². The van der Waals surface area contributed by atoms with Crippen molar-refractivity contribution in [2.24, 2.45) is 0 Å². The highest BCUT2D eigenvalue weighted by atomic mass is 35.7. The zero-order valence-electron chi connectivity index (χ0n) is 23.4. The number of para-hydroxylation sites is 1. The maximum Gasteiger partial charge on any atom is 0.414 e. The van der Waals surface area contributed by atoms with Crippen LogP contribution in [0.1, 0.15) is 44.1 Å². The molecule has 1 amide bonds. The van der Waals surface area contributed by atoms with Crippen LogP contribution in [-0.2, 0) is 6.54 Å². The first-order chi connectivity index (χ1) is 17.0. The summed E-state index contributed by atoms with van der Waals surface area (Å²) in [6.07, 6.45) is 7.55. The first-order valence-electron chi connectivity index (χ1n) is 11.8. The number of carbonyl (C=O) groups is 1. The topological polar surface area (TPSA) is 214 Å². The molecule has 1 rings (SSSR count). The molecule has 38 heavy (non-hydrogen) atoms. The maximum atomic E-state index is 11.9. The number of ether oxygens (including phenoxy) is 1. The molecule has 0 spiro atoms. The largest absolute Gasteiger partial charge is 0.414 e. The van der Waals surface area contributed by atoms with Crippen molar-refractivity contribution in [2.75, 3.05) is 62.4 Å². The van der Waals surface area contributed by atoms with Crippen molar-refractivity contribution >= 4 is 6.09 Å². The first-order valence-corrected chi connectivity index (χ1v) is 14.3. The van der Waals surface area contributed by atoms with Crippen LogP contribution in [0.5, 0.6) is 5.75 Å². The smallest absolute Gasteiger partial charge is 0.410 e. The summed E-state index contributed by atoms with van der Waals surface area (Å²) in [5.41, 5.74) is 1.09. The lowest BCUT2D eigenvalue weighted by Crippen LogP contribution is -2.68. The molecule has 0 N–H and O–H groups in total. The maximum absolute atomic E-state index is 11.9. The minimum absolute atomic E-state index is 0.331. The number of carbonyl (C=O) groups excluding carboxylic acids is 1. The molecule has 1 aromatic carbocycles. The van der Waals surface area contributed by atoms with E-state index in [1.165, 1.54) is 50.0 Å². The highest BCUT2D eigenvalue weighted by Gasteiger charge is 2.19. The number of hydrogen-bond donors (Lipinski definition) is 0. The molecule has 0 bridgehead atoms. The van der Waals surface area contributed by atoms with E-state index in [1.807, 2.05) is 18.2 Å². The fraction of sp³-hybridized carbons (Fsp3) is 0.696. The molecule has 1 aromatic rings. The molecule has 15 heteroatoms. The van der Waals surface area contributed by atoms with Crippen LogP contribution >= 0.6 is 0 Å². The van der Waals surface area contributed by atoms with Gasteiger partial charge in [-0.05, 0) is 37.8 Å². The summed E-state index contributed by atoms with van der Waals surface area (Å²) in [5, 5.41) is 0. The lowest BCUT2D eigenvalue weighted by Gasteiger charge is -2.30. The first kappa shape index (κ1) is 38.8. The van der Waals surface area contributed by atoms with Gasteiger partial charge in [0.25, 0.3) is 0 Å². The number of benzene rings is 1. The van der Waals surface area contributed by atoms with E-state index in [-0.39, 0.29) is 6.09 Å². The van der Waals surface area contributed by atoms with Crippen LogP contribution in [0.3, 0.4) is 0 Å². The third-order valence-corrected chi connectivity index (χ3v) is 4.98. The monoisotopic (exact) mass is 591 g/mol. The summed E-state index contributed by atoms with van der Waals surface area (Å²) in [4.78, 5) is 13.4. The van der Waals surface area contributed by atoms with Crippen LogP contribution in [0.25, 0.3) is 0 Å². The Labute approximate surface area is 230 Å². The van der Waals surface area contributed by atoms with Gasteiger partial charge in [0.2, 0.25) is 0 Å². The number of nitrogens with zero attached hydrogens (tertiary/aromatic N) is 3. The van der Waals surface area contributed by atoms with Gasteiger partial charge in [-0.3, -0.25) is 0 Å². The second-order valence-electron chi connectivity index (χ2n) is 10.6. The summed E-state index contributed by atoms with van der Waals surface area (Å²) in [7, 11) is 4.82. The molecule has 0 aliphatic carbocycles. The zero-order valence-corrected chi connectivity index (χ0v) is 24.9. The number of halogens is 2. The Hall–Kier alpha value is -1.33. The number of hydrogen-bond acceptors (Lipinski definition) is 10. The van der Waals surface area contributed by atoms with E-state index >= 15 is 0 Å². The fourth-order valence-electron chi connectivity index (χ4n) is 3.29. The van der Waals surface area contributed by atoms with Gasteiger partial charge in [-0.25, -0.2) is 42.1 Å². The Morgan fingerprint density at radius 3 is 1.55 bits per heavy atom. The van der Waals surface area contributed by atoms with Crippen LogP contribution in [0, 0.1) is 20.5 Å². The minimum atomic E-state index is -4.94. The average molecular weight is 593 g/mol. The summed E-state index contributed by atoms with van der Waals surface area (Å²) < 4.78 is 75.4. The van der Waals surface area contributed by atoms with Gasteiger partial charge in [-0.2, -0.15) is 0 Å². The van der Waals surface area contributed by atoms with Gasteiger partial charge in [0.1, 0.15) is 12.3 Å². The third kappa shape index (κ3) is 30.9. The van der Waals surface area contributed by atoms with Crippen molar-refractivity contribution in [1.29, 1.82) is 0 Å². The van der Waals surface area contributed by atoms with Gasteiger partial charge in [0, 0.05) is 19.7 Å².